The first-order valence-electron chi connectivity index (χ1n) is 9.53. The molecule has 7 nitrogen and oxygen atoms in total. The predicted molar refractivity (Wildman–Crippen MR) is 110 cm³/mol. The number of nitrogens with one attached hydrogen (secondary N) is 1. The zero-order valence-corrected chi connectivity index (χ0v) is 15.8. The number of nitrogens with zero attached hydrogens (tertiary/aromatic N) is 3. The summed E-state index contributed by atoms with van der Waals surface area (Å²) in [6, 6.07) is 15.7. The monoisotopic (exact) mass is 406 g/mol. The molecule has 30 heavy (non-hydrogen) atoms. The molecule has 0 aliphatic carbocycles. The van der Waals surface area contributed by atoms with Crippen LogP contribution in [0.15, 0.2) is 67.0 Å². The zero-order chi connectivity index (χ0) is 20.7. The summed E-state index contributed by atoms with van der Waals surface area (Å²) in [7, 11) is 0. The predicted octanol–water partition coefficient (Wildman–Crippen LogP) is 3.23. The minimum absolute atomic E-state index is 0.0396. The Morgan fingerprint density at radius 3 is 2.53 bits per heavy atom. The lowest BCUT2D eigenvalue weighted by atomic mass is 10.1. The lowest BCUT2D eigenvalue weighted by molar-refractivity contribution is -0.0159. The minimum atomic E-state index is -1.08. The number of aromatic nitrogens is 3. The van der Waals surface area contributed by atoms with Crippen molar-refractivity contribution in [2.24, 2.45) is 0 Å². The number of ether oxygens (including phenoxy) is 1. The van der Waals surface area contributed by atoms with Crippen molar-refractivity contribution < 1.29 is 19.3 Å². The van der Waals surface area contributed by atoms with Crippen molar-refractivity contribution in [1.29, 1.82) is 0 Å². The summed E-state index contributed by atoms with van der Waals surface area (Å²) < 4.78 is 20.5. The molecule has 2 aromatic carbocycles. The van der Waals surface area contributed by atoms with Gasteiger partial charge in [-0.05, 0) is 29.8 Å². The summed E-state index contributed by atoms with van der Waals surface area (Å²) >= 11 is 0. The Kier molecular flexibility index (Phi) is 4.66. The normalized spacial score (nSPS) is 21.2. The lowest BCUT2D eigenvalue weighted by Gasteiger charge is -2.17. The van der Waals surface area contributed by atoms with E-state index in [1.54, 1.807) is 22.9 Å². The summed E-state index contributed by atoms with van der Waals surface area (Å²) in [6.45, 7) is 0.0396. The number of hydrogen-bond donors (Lipinski definition) is 3. The van der Waals surface area contributed by atoms with E-state index in [4.69, 9.17) is 4.74 Å². The maximum Gasteiger partial charge on any atom is 0.229 e. The topological polar surface area (TPSA) is 92.4 Å². The third kappa shape index (κ3) is 3.30. The van der Waals surface area contributed by atoms with Gasteiger partial charge in [0.25, 0.3) is 0 Å². The fourth-order valence-electron chi connectivity index (χ4n) is 3.62. The molecule has 0 unspecified atom stereocenters. The molecule has 1 aliphatic heterocycles. The van der Waals surface area contributed by atoms with Gasteiger partial charge in [-0.1, -0.05) is 30.3 Å². The highest BCUT2D eigenvalue weighted by atomic mass is 19.1. The van der Waals surface area contributed by atoms with Crippen LogP contribution in [0.4, 0.5) is 16.0 Å². The Morgan fingerprint density at radius 1 is 1.07 bits per heavy atom. The highest BCUT2D eigenvalue weighted by molar-refractivity contribution is 5.94. The van der Waals surface area contributed by atoms with E-state index in [2.05, 4.69) is 15.3 Å². The third-order valence-electron chi connectivity index (χ3n) is 5.16. The van der Waals surface area contributed by atoms with Crippen molar-refractivity contribution in [3.63, 3.8) is 0 Å². The van der Waals surface area contributed by atoms with Crippen LogP contribution >= 0.6 is 0 Å². The standard InChI is InChI=1S/C22H19FN4O3/c23-14-6-8-15(9-7-14)25-22-24-10-16-17(13-4-2-1-3-5-13)11-27(20(16)26-22)21-19(29)18(28)12-30-21/h1-11,18-19,21,28-29H,12H2,(H,24,25,26)/t18-,19-,21-/m1/s1. The molecule has 1 aliphatic rings. The van der Waals surface area contributed by atoms with Crippen LogP contribution in [0.5, 0.6) is 0 Å². The Bertz CT molecular complexity index is 1180. The van der Waals surface area contributed by atoms with Crippen LogP contribution in [-0.4, -0.2) is 43.6 Å². The summed E-state index contributed by atoms with van der Waals surface area (Å²) in [6.07, 6.45) is 0.736. The summed E-state index contributed by atoms with van der Waals surface area (Å²) in [5.41, 5.74) is 3.05. The molecule has 0 saturated carbocycles. The van der Waals surface area contributed by atoms with Gasteiger partial charge in [0, 0.05) is 29.0 Å². The van der Waals surface area contributed by atoms with Gasteiger partial charge in [-0.2, -0.15) is 4.98 Å². The fraction of sp³-hybridized carbons (Fsp3) is 0.182. The molecule has 0 spiro atoms. The first-order chi connectivity index (χ1) is 14.6. The highest BCUT2D eigenvalue weighted by Crippen LogP contribution is 2.35. The van der Waals surface area contributed by atoms with Crippen molar-refractivity contribution >= 4 is 22.7 Å². The molecule has 1 saturated heterocycles. The molecular weight excluding hydrogens is 387 g/mol. The number of hydrogen-bond acceptors (Lipinski definition) is 6. The first-order valence-corrected chi connectivity index (χ1v) is 9.53. The Morgan fingerprint density at radius 2 is 1.83 bits per heavy atom. The van der Waals surface area contributed by atoms with E-state index in [0.717, 1.165) is 16.5 Å². The highest BCUT2D eigenvalue weighted by Gasteiger charge is 2.37. The second-order valence-corrected chi connectivity index (χ2v) is 7.16. The van der Waals surface area contributed by atoms with Crippen LogP contribution < -0.4 is 5.32 Å². The van der Waals surface area contributed by atoms with E-state index < -0.39 is 18.4 Å². The van der Waals surface area contributed by atoms with Gasteiger partial charge >= 0.3 is 0 Å². The van der Waals surface area contributed by atoms with Gasteiger partial charge in [-0.3, -0.25) is 0 Å². The molecule has 1 fully saturated rings. The van der Waals surface area contributed by atoms with E-state index in [-0.39, 0.29) is 12.4 Å². The molecule has 8 heteroatoms. The molecule has 0 bridgehead atoms. The number of rotatable bonds is 4. The summed E-state index contributed by atoms with van der Waals surface area (Å²) in [4.78, 5) is 9.02. The van der Waals surface area contributed by atoms with Crippen molar-refractivity contribution in [3.8, 4) is 11.1 Å². The molecule has 0 radical (unpaired) electrons. The van der Waals surface area contributed by atoms with E-state index >= 15 is 0 Å². The van der Waals surface area contributed by atoms with Gasteiger partial charge in [0.15, 0.2) is 6.23 Å². The average Bonchev–Trinajstić information content (AvgIpc) is 3.30. The number of aliphatic hydroxyl groups excluding tert-OH is 2. The molecule has 5 rings (SSSR count). The van der Waals surface area contributed by atoms with Crippen LogP contribution in [0.1, 0.15) is 6.23 Å². The Labute approximate surface area is 171 Å². The van der Waals surface area contributed by atoms with E-state index in [0.29, 0.717) is 17.3 Å². The summed E-state index contributed by atoms with van der Waals surface area (Å²) in [5.74, 6) is -0.00895. The number of benzene rings is 2. The van der Waals surface area contributed by atoms with E-state index in [1.807, 2.05) is 36.5 Å². The Balaban J connectivity index is 1.61. The van der Waals surface area contributed by atoms with Crippen molar-refractivity contribution in [1.82, 2.24) is 14.5 Å². The van der Waals surface area contributed by atoms with Crippen molar-refractivity contribution in [2.45, 2.75) is 18.4 Å². The van der Waals surface area contributed by atoms with E-state index in [1.165, 1.54) is 12.1 Å². The van der Waals surface area contributed by atoms with Crippen LogP contribution in [0.2, 0.25) is 0 Å². The third-order valence-corrected chi connectivity index (χ3v) is 5.16. The zero-order valence-electron chi connectivity index (χ0n) is 15.8. The largest absolute Gasteiger partial charge is 0.388 e. The van der Waals surface area contributed by atoms with Gasteiger partial charge < -0.3 is 24.8 Å². The van der Waals surface area contributed by atoms with Crippen LogP contribution in [0.25, 0.3) is 22.2 Å². The molecule has 152 valence electrons. The summed E-state index contributed by atoms with van der Waals surface area (Å²) in [5, 5.41) is 24.2. The quantitative estimate of drug-likeness (QED) is 0.482. The number of anilines is 2. The number of fused-ring (bicyclic) bond motifs is 1. The molecule has 3 heterocycles. The maximum absolute atomic E-state index is 13.2. The van der Waals surface area contributed by atoms with Gasteiger partial charge in [0.05, 0.1) is 6.61 Å². The number of halogens is 1. The van der Waals surface area contributed by atoms with E-state index in [9.17, 15) is 14.6 Å². The SMILES string of the molecule is O[C@@H]1[C@H](O)CO[C@H]1n1cc(-c2ccccc2)c2cnc(Nc3ccc(F)cc3)nc21. The van der Waals surface area contributed by atoms with Crippen molar-refractivity contribution in [2.75, 3.05) is 11.9 Å². The van der Waals surface area contributed by atoms with Gasteiger partial charge in [-0.25, -0.2) is 9.37 Å². The van der Waals surface area contributed by atoms with Crippen molar-refractivity contribution in [3.05, 3.63) is 72.8 Å². The second kappa shape index (κ2) is 7.49. The Hall–Kier alpha value is -3.33. The molecule has 4 aromatic rings. The van der Waals surface area contributed by atoms with Gasteiger partial charge in [0.2, 0.25) is 5.95 Å². The van der Waals surface area contributed by atoms with Crippen LogP contribution in [-0.2, 0) is 4.74 Å². The molecule has 3 atom stereocenters. The molecular formula is C22H19FN4O3. The molecule has 0 amide bonds. The maximum atomic E-state index is 13.2. The van der Waals surface area contributed by atoms with Crippen LogP contribution in [0, 0.1) is 5.82 Å². The van der Waals surface area contributed by atoms with Gasteiger partial charge in [-0.15, -0.1) is 0 Å². The average molecular weight is 406 g/mol. The van der Waals surface area contributed by atoms with Crippen LogP contribution in [0.3, 0.4) is 0 Å². The fourth-order valence-corrected chi connectivity index (χ4v) is 3.62. The first kappa shape index (κ1) is 18.7. The minimum Gasteiger partial charge on any atom is -0.388 e. The molecule has 3 N–H and O–H groups in total. The van der Waals surface area contributed by atoms with Gasteiger partial charge in [0.1, 0.15) is 23.7 Å². The lowest BCUT2D eigenvalue weighted by Crippen LogP contribution is -2.28. The second-order valence-electron chi connectivity index (χ2n) is 7.16. The number of aliphatic hydroxyl groups is 2. The smallest absolute Gasteiger partial charge is 0.229 e. The molecule has 2 aromatic heterocycles.